The molecule has 0 aliphatic carbocycles. The van der Waals surface area contributed by atoms with Crippen LogP contribution in [0.5, 0.6) is 0 Å². The van der Waals surface area contributed by atoms with Crippen LogP contribution in [0.2, 0.25) is 5.02 Å². The summed E-state index contributed by atoms with van der Waals surface area (Å²) in [5, 5.41) is 0.490. The molecule has 16 heavy (non-hydrogen) atoms. The van der Waals surface area contributed by atoms with Gasteiger partial charge in [0.2, 0.25) is 5.91 Å². The lowest BCUT2D eigenvalue weighted by molar-refractivity contribution is -0.128. The van der Waals surface area contributed by atoms with Gasteiger partial charge in [0.1, 0.15) is 5.82 Å². The average Bonchev–Trinajstić information content (AvgIpc) is 2.28. The minimum absolute atomic E-state index is 0.0332. The minimum Gasteiger partial charge on any atom is -0.344 e. The third-order valence-electron chi connectivity index (χ3n) is 2.32. The first-order valence-corrected chi connectivity index (χ1v) is 5.30. The number of carbonyl (C=O) groups excluding carboxylic acids is 1. The zero-order chi connectivity index (χ0) is 12.1. The summed E-state index contributed by atoms with van der Waals surface area (Å²) >= 11 is 5.75. The van der Waals surface area contributed by atoms with Gasteiger partial charge in [-0.2, -0.15) is 0 Å². The van der Waals surface area contributed by atoms with Gasteiger partial charge in [-0.3, -0.25) is 4.79 Å². The summed E-state index contributed by atoms with van der Waals surface area (Å²) < 4.78 is 13.3. The fraction of sp³-hybridized carbons (Fsp3) is 0.364. The van der Waals surface area contributed by atoms with Crippen LogP contribution in [0.1, 0.15) is 5.56 Å². The van der Waals surface area contributed by atoms with E-state index in [1.165, 1.54) is 17.0 Å². The molecule has 0 aliphatic rings. The minimum atomic E-state index is -0.307. The molecule has 0 saturated carbocycles. The number of amides is 1. The Balaban J connectivity index is 2.60. The maximum Gasteiger partial charge on any atom is 0.236 e. The Morgan fingerprint density at radius 1 is 1.56 bits per heavy atom. The standard InChI is InChI=1S/C11H14ClFN2O/c1-15(11(16)7-14)5-4-8-6-9(12)2-3-10(8)13/h2-3,6H,4-5,7,14H2,1H3. The van der Waals surface area contributed by atoms with Crippen LogP contribution in [-0.4, -0.2) is 30.9 Å². The third kappa shape index (κ3) is 3.47. The number of hydrogen-bond donors (Lipinski definition) is 1. The largest absolute Gasteiger partial charge is 0.344 e. The normalized spacial score (nSPS) is 10.2. The first kappa shape index (κ1) is 12.9. The molecule has 0 spiro atoms. The molecule has 1 amide bonds. The lowest BCUT2D eigenvalue weighted by Crippen LogP contribution is -2.34. The summed E-state index contributed by atoms with van der Waals surface area (Å²) in [7, 11) is 1.64. The fourth-order valence-corrected chi connectivity index (χ4v) is 1.50. The average molecular weight is 245 g/mol. The molecule has 0 saturated heterocycles. The summed E-state index contributed by atoms with van der Waals surface area (Å²) in [6.07, 6.45) is 0.425. The molecule has 0 aromatic heterocycles. The van der Waals surface area contributed by atoms with E-state index in [9.17, 15) is 9.18 Å². The summed E-state index contributed by atoms with van der Waals surface area (Å²) in [5.41, 5.74) is 5.71. The maximum atomic E-state index is 13.3. The van der Waals surface area contributed by atoms with Gasteiger partial charge in [-0.15, -0.1) is 0 Å². The van der Waals surface area contributed by atoms with Gasteiger partial charge in [-0.25, -0.2) is 4.39 Å². The second kappa shape index (κ2) is 5.82. The van der Waals surface area contributed by atoms with Crippen molar-refractivity contribution in [2.75, 3.05) is 20.1 Å². The quantitative estimate of drug-likeness (QED) is 0.871. The van der Waals surface area contributed by atoms with Crippen LogP contribution in [0, 0.1) is 5.82 Å². The van der Waals surface area contributed by atoms with E-state index in [1.54, 1.807) is 13.1 Å². The van der Waals surface area contributed by atoms with Crippen molar-refractivity contribution >= 4 is 17.5 Å². The van der Waals surface area contributed by atoms with Gasteiger partial charge >= 0.3 is 0 Å². The monoisotopic (exact) mass is 244 g/mol. The first-order chi connectivity index (χ1) is 7.54. The van der Waals surface area contributed by atoms with Gasteiger partial charge in [-0.1, -0.05) is 11.6 Å². The third-order valence-corrected chi connectivity index (χ3v) is 2.56. The van der Waals surface area contributed by atoms with E-state index in [0.717, 1.165) is 0 Å². The van der Waals surface area contributed by atoms with Crippen molar-refractivity contribution in [2.45, 2.75) is 6.42 Å². The number of rotatable bonds is 4. The number of nitrogens with two attached hydrogens (primary N) is 1. The van der Waals surface area contributed by atoms with E-state index >= 15 is 0 Å². The zero-order valence-electron chi connectivity index (χ0n) is 9.04. The molecule has 0 bridgehead atoms. The van der Waals surface area contributed by atoms with Gasteiger partial charge in [0.15, 0.2) is 0 Å². The van der Waals surface area contributed by atoms with E-state index in [-0.39, 0.29) is 18.3 Å². The highest BCUT2D eigenvalue weighted by atomic mass is 35.5. The molecule has 0 unspecified atom stereocenters. The van der Waals surface area contributed by atoms with Crippen LogP contribution in [0.25, 0.3) is 0 Å². The molecule has 0 radical (unpaired) electrons. The number of halogens is 2. The summed E-state index contributed by atoms with van der Waals surface area (Å²) in [5.74, 6) is -0.472. The van der Waals surface area contributed by atoms with Gasteiger partial charge in [0.25, 0.3) is 0 Å². The maximum absolute atomic E-state index is 13.3. The van der Waals surface area contributed by atoms with E-state index < -0.39 is 0 Å². The number of nitrogens with zero attached hydrogens (tertiary/aromatic N) is 1. The molecule has 0 fully saturated rings. The first-order valence-electron chi connectivity index (χ1n) is 4.92. The molecule has 0 atom stereocenters. The van der Waals surface area contributed by atoms with E-state index in [1.807, 2.05) is 0 Å². The lowest BCUT2D eigenvalue weighted by Gasteiger charge is -2.16. The summed E-state index contributed by atoms with van der Waals surface area (Å²) in [4.78, 5) is 12.6. The number of carbonyl (C=O) groups is 1. The van der Waals surface area contributed by atoms with Crippen molar-refractivity contribution in [3.63, 3.8) is 0 Å². The van der Waals surface area contributed by atoms with Gasteiger partial charge < -0.3 is 10.6 Å². The van der Waals surface area contributed by atoms with Crippen molar-refractivity contribution in [2.24, 2.45) is 5.73 Å². The topological polar surface area (TPSA) is 46.3 Å². The van der Waals surface area contributed by atoms with Crippen molar-refractivity contribution in [1.29, 1.82) is 0 Å². The second-order valence-corrected chi connectivity index (χ2v) is 3.94. The second-order valence-electron chi connectivity index (χ2n) is 3.51. The summed E-state index contributed by atoms with van der Waals surface area (Å²) in [6, 6.07) is 4.38. The SMILES string of the molecule is CN(CCc1cc(Cl)ccc1F)C(=O)CN. The smallest absolute Gasteiger partial charge is 0.236 e. The van der Waals surface area contributed by atoms with Crippen molar-refractivity contribution in [1.82, 2.24) is 4.90 Å². The Morgan fingerprint density at radius 2 is 2.25 bits per heavy atom. The Hall–Kier alpha value is -1.13. The Morgan fingerprint density at radius 3 is 2.88 bits per heavy atom. The number of benzene rings is 1. The molecule has 1 rings (SSSR count). The lowest BCUT2D eigenvalue weighted by atomic mass is 10.1. The van der Waals surface area contributed by atoms with Gasteiger partial charge in [0.05, 0.1) is 6.54 Å². The molecule has 5 heteroatoms. The predicted octanol–water partition coefficient (Wildman–Crippen LogP) is 1.44. The molecule has 0 aliphatic heterocycles. The van der Waals surface area contributed by atoms with Crippen LogP contribution in [0.15, 0.2) is 18.2 Å². The van der Waals surface area contributed by atoms with Gasteiger partial charge in [-0.05, 0) is 30.2 Å². The zero-order valence-corrected chi connectivity index (χ0v) is 9.80. The highest BCUT2D eigenvalue weighted by Crippen LogP contribution is 2.15. The molecular weight excluding hydrogens is 231 g/mol. The number of likely N-dealkylation sites (N-methyl/N-ethyl adjacent to an activating group) is 1. The Kier molecular flexibility index (Phi) is 4.71. The Bertz CT molecular complexity index is 384. The van der Waals surface area contributed by atoms with Crippen LogP contribution >= 0.6 is 11.6 Å². The van der Waals surface area contributed by atoms with Crippen molar-refractivity contribution < 1.29 is 9.18 Å². The molecule has 2 N–H and O–H groups in total. The highest BCUT2D eigenvalue weighted by molar-refractivity contribution is 6.30. The number of hydrogen-bond acceptors (Lipinski definition) is 2. The Labute approximate surface area is 99.0 Å². The fourth-order valence-electron chi connectivity index (χ4n) is 1.30. The molecule has 88 valence electrons. The van der Waals surface area contributed by atoms with E-state index in [2.05, 4.69) is 0 Å². The summed E-state index contributed by atoms with van der Waals surface area (Å²) in [6.45, 7) is 0.391. The van der Waals surface area contributed by atoms with Crippen LogP contribution < -0.4 is 5.73 Å². The molecule has 1 aromatic carbocycles. The van der Waals surface area contributed by atoms with E-state index in [0.29, 0.717) is 23.6 Å². The van der Waals surface area contributed by atoms with Crippen LogP contribution in [0.3, 0.4) is 0 Å². The molecule has 3 nitrogen and oxygen atoms in total. The highest BCUT2D eigenvalue weighted by Gasteiger charge is 2.08. The van der Waals surface area contributed by atoms with Crippen molar-refractivity contribution in [3.8, 4) is 0 Å². The van der Waals surface area contributed by atoms with Gasteiger partial charge in [0, 0.05) is 18.6 Å². The predicted molar refractivity (Wildman–Crippen MR) is 61.8 cm³/mol. The van der Waals surface area contributed by atoms with Crippen LogP contribution in [-0.2, 0) is 11.2 Å². The molecule has 1 aromatic rings. The molecule has 0 heterocycles. The van der Waals surface area contributed by atoms with E-state index in [4.69, 9.17) is 17.3 Å². The van der Waals surface area contributed by atoms with Crippen molar-refractivity contribution in [3.05, 3.63) is 34.6 Å². The molecular formula is C11H14ClFN2O. The van der Waals surface area contributed by atoms with Crippen LogP contribution in [0.4, 0.5) is 4.39 Å².